The summed E-state index contributed by atoms with van der Waals surface area (Å²) in [5, 5.41) is 6.64. The summed E-state index contributed by atoms with van der Waals surface area (Å²) in [6.07, 6.45) is 1.92. The average molecular weight is 542 g/mol. The van der Waals surface area contributed by atoms with Crippen LogP contribution in [-0.4, -0.2) is 43.9 Å². The molecule has 1 aromatic heterocycles. The summed E-state index contributed by atoms with van der Waals surface area (Å²) < 4.78 is 16.8. The topological polar surface area (TPSA) is 77.0 Å². The first kappa shape index (κ1) is 27.0. The Bertz CT molecular complexity index is 798. The molecule has 0 saturated carbocycles. The van der Waals surface area contributed by atoms with E-state index < -0.39 is 0 Å². The number of benzene rings is 1. The Labute approximate surface area is 203 Å². The van der Waals surface area contributed by atoms with Gasteiger partial charge >= 0.3 is 0 Å². The number of aromatic nitrogens is 1. The van der Waals surface area contributed by atoms with Crippen LogP contribution in [0.1, 0.15) is 37.5 Å². The van der Waals surface area contributed by atoms with Crippen molar-refractivity contribution in [2.45, 2.75) is 46.9 Å². The summed E-state index contributed by atoms with van der Waals surface area (Å²) in [7, 11) is 1.75. The number of hydrogen-bond acceptors (Lipinski definition) is 5. The lowest BCUT2D eigenvalue weighted by Crippen LogP contribution is -2.36. The predicted molar refractivity (Wildman–Crippen MR) is 136 cm³/mol. The fraction of sp³-hybridized carbons (Fsp3) is 0.478. The number of pyridine rings is 1. The van der Waals surface area contributed by atoms with E-state index in [1.165, 1.54) is 0 Å². The van der Waals surface area contributed by atoms with Gasteiger partial charge in [0.2, 0.25) is 5.88 Å². The third-order valence-electron chi connectivity index (χ3n) is 4.20. The van der Waals surface area contributed by atoms with E-state index in [4.69, 9.17) is 14.2 Å². The standard InChI is InChI=1S/C23H34N4O3.HI/c1-6-28-11-12-29-21-13-18(4)7-9-20(21)16-27-23(24-5)26-15-19-8-10-22(25-14-19)30-17(2)3;/h7-10,13-14,17H,6,11-12,15-16H2,1-5H3,(H2,24,26,27);1H. The Balaban J connectivity index is 0.00000480. The molecule has 0 bridgehead atoms. The molecule has 2 aromatic rings. The number of hydrogen-bond donors (Lipinski definition) is 2. The van der Waals surface area contributed by atoms with Crippen molar-refractivity contribution in [2.24, 2.45) is 4.99 Å². The van der Waals surface area contributed by atoms with Crippen LogP contribution in [0.15, 0.2) is 41.5 Å². The summed E-state index contributed by atoms with van der Waals surface area (Å²) in [4.78, 5) is 8.63. The van der Waals surface area contributed by atoms with Crippen molar-refractivity contribution in [3.63, 3.8) is 0 Å². The van der Waals surface area contributed by atoms with Gasteiger partial charge < -0.3 is 24.8 Å². The Hall–Kier alpha value is -2.07. The molecule has 31 heavy (non-hydrogen) atoms. The minimum atomic E-state index is 0. The van der Waals surface area contributed by atoms with Gasteiger partial charge in [0, 0.05) is 44.6 Å². The molecule has 172 valence electrons. The van der Waals surface area contributed by atoms with E-state index >= 15 is 0 Å². The zero-order valence-corrected chi connectivity index (χ0v) is 21.4. The maximum Gasteiger partial charge on any atom is 0.213 e. The second-order valence-corrected chi connectivity index (χ2v) is 7.11. The molecule has 0 saturated heterocycles. The monoisotopic (exact) mass is 542 g/mol. The molecule has 0 unspecified atom stereocenters. The van der Waals surface area contributed by atoms with Crippen LogP contribution in [0.3, 0.4) is 0 Å². The number of guanidine groups is 1. The fourth-order valence-electron chi connectivity index (χ4n) is 2.71. The van der Waals surface area contributed by atoms with Crippen LogP contribution in [-0.2, 0) is 17.8 Å². The molecule has 0 aliphatic carbocycles. The quantitative estimate of drug-likeness (QED) is 0.193. The van der Waals surface area contributed by atoms with Gasteiger partial charge in [-0.15, -0.1) is 24.0 Å². The molecular weight excluding hydrogens is 507 g/mol. The molecule has 8 heteroatoms. The molecule has 0 amide bonds. The third-order valence-corrected chi connectivity index (χ3v) is 4.20. The summed E-state index contributed by atoms with van der Waals surface area (Å²) in [6.45, 7) is 11.0. The highest BCUT2D eigenvalue weighted by atomic mass is 127. The largest absolute Gasteiger partial charge is 0.491 e. The molecule has 1 heterocycles. The minimum absolute atomic E-state index is 0. The summed E-state index contributed by atoms with van der Waals surface area (Å²) in [6, 6.07) is 10.1. The lowest BCUT2D eigenvalue weighted by atomic mass is 10.1. The molecule has 0 radical (unpaired) electrons. The van der Waals surface area contributed by atoms with Crippen molar-refractivity contribution < 1.29 is 14.2 Å². The summed E-state index contributed by atoms with van der Waals surface area (Å²) >= 11 is 0. The van der Waals surface area contributed by atoms with Crippen LogP contribution in [0.4, 0.5) is 0 Å². The Morgan fingerprint density at radius 2 is 1.87 bits per heavy atom. The van der Waals surface area contributed by atoms with Crippen LogP contribution in [0, 0.1) is 6.92 Å². The number of nitrogens with one attached hydrogen (secondary N) is 2. The first-order valence-electron chi connectivity index (χ1n) is 10.4. The SMILES string of the molecule is CCOCCOc1cc(C)ccc1CNC(=NC)NCc1ccc(OC(C)C)nc1.I. The first-order valence-corrected chi connectivity index (χ1v) is 10.4. The van der Waals surface area contributed by atoms with E-state index in [-0.39, 0.29) is 30.1 Å². The summed E-state index contributed by atoms with van der Waals surface area (Å²) in [5.41, 5.74) is 3.27. The van der Waals surface area contributed by atoms with Crippen LogP contribution in [0.2, 0.25) is 0 Å². The normalized spacial score (nSPS) is 11.1. The van der Waals surface area contributed by atoms with E-state index in [1.54, 1.807) is 7.05 Å². The van der Waals surface area contributed by atoms with Crippen LogP contribution in [0.25, 0.3) is 0 Å². The van der Waals surface area contributed by atoms with E-state index in [9.17, 15) is 0 Å². The minimum Gasteiger partial charge on any atom is -0.491 e. The Morgan fingerprint density at radius 1 is 1.10 bits per heavy atom. The highest BCUT2D eigenvalue weighted by Gasteiger charge is 2.07. The number of ether oxygens (including phenoxy) is 3. The molecule has 0 aliphatic rings. The van der Waals surface area contributed by atoms with E-state index in [0.29, 0.717) is 44.7 Å². The molecule has 0 spiro atoms. The number of aryl methyl sites for hydroxylation is 1. The fourth-order valence-corrected chi connectivity index (χ4v) is 2.71. The highest BCUT2D eigenvalue weighted by molar-refractivity contribution is 14.0. The van der Waals surface area contributed by atoms with Gasteiger partial charge in [-0.25, -0.2) is 4.98 Å². The highest BCUT2D eigenvalue weighted by Crippen LogP contribution is 2.20. The number of nitrogens with zero attached hydrogens (tertiary/aromatic N) is 2. The molecule has 0 fully saturated rings. The number of aliphatic imine (C=N–C) groups is 1. The van der Waals surface area contributed by atoms with Gasteiger partial charge in [-0.2, -0.15) is 0 Å². The van der Waals surface area contributed by atoms with Crippen LogP contribution in [0.5, 0.6) is 11.6 Å². The molecule has 0 atom stereocenters. The smallest absolute Gasteiger partial charge is 0.213 e. The van der Waals surface area contributed by atoms with Crippen molar-refractivity contribution in [3.05, 3.63) is 53.2 Å². The van der Waals surface area contributed by atoms with Crippen molar-refractivity contribution in [3.8, 4) is 11.6 Å². The van der Waals surface area contributed by atoms with Gasteiger partial charge in [0.05, 0.1) is 12.7 Å². The maximum absolute atomic E-state index is 5.91. The first-order chi connectivity index (χ1) is 14.5. The number of rotatable bonds is 11. The Kier molecular flexibility index (Phi) is 12.9. The maximum atomic E-state index is 5.91. The van der Waals surface area contributed by atoms with Gasteiger partial charge in [0.15, 0.2) is 5.96 Å². The van der Waals surface area contributed by atoms with Gasteiger partial charge in [0.1, 0.15) is 12.4 Å². The third kappa shape index (κ3) is 10.2. The van der Waals surface area contributed by atoms with E-state index in [2.05, 4.69) is 39.7 Å². The second kappa shape index (κ2) is 14.9. The van der Waals surface area contributed by atoms with E-state index in [0.717, 1.165) is 22.4 Å². The summed E-state index contributed by atoms with van der Waals surface area (Å²) in [5.74, 6) is 2.20. The van der Waals surface area contributed by atoms with Crippen molar-refractivity contribution >= 4 is 29.9 Å². The zero-order valence-electron chi connectivity index (χ0n) is 19.1. The molecule has 7 nitrogen and oxygen atoms in total. The van der Waals surface area contributed by atoms with Crippen LogP contribution < -0.4 is 20.1 Å². The molecular formula is C23H35IN4O3. The van der Waals surface area contributed by atoms with Gasteiger partial charge in [-0.3, -0.25) is 4.99 Å². The van der Waals surface area contributed by atoms with Crippen molar-refractivity contribution in [2.75, 3.05) is 26.9 Å². The predicted octanol–water partition coefficient (Wildman–Crippen LogP) is 4.08. The molecule has 0 aliphatic heterocycles. The van der Waals surface area contributed by atoms with E-state index in [1.807, 2.05) is 45.2 Å². The Morgan fingerprint density at radius 3 is 2.52 bits per heavy atom. The van der Waals surface area contributed by atoms with Crippen molar-refractivity contribution in [1.29, 1.82) is 0 Å². The average Bonchev–Trinajstić information content (AvgIpc) is 2.73. The lowest BCUT2D eigenvalue weighted by molar-refractivity contribution is 0.110. The molecule has 2 rings (SSSR count). The van der Waals surface area contributed by atoms with Crippen LogP contribution >= 0.6 is 24.0 Å². The second-order valence-electron chi connectivity index (χ2n) is 7.11. The van der Waals surface area contributed by atoms with Gasteiger partial charge in [0.25, 0.3) is 0 Å². The van der Waals surface area contributed by atoms with Crippen molar-refractivity contribution in [1.82, 2.24) is 15.6 Å². The lowest BCUT2D eigenvalue weighted by Gasteiger charge is -2.16. The molecule has 1 aromatic carbocycles. The van der Waals surface area contributed by atoms with Gasteiger partial charge in [-0.1, -0.05) is 18.2 Å². The zero-order chi connectivity index (χ0) is 21.8. The number of halogens is 1. The molecule has 2 N–H and O–H groups in total. The van der Waals surface area contributed by atoms with Gasteiger partial charge in [-0.05, 0) is 44.9 Å².